The molecule has 2 aliphatic rings. The Labute approximate surface area is 193 Å². The molecule has 2 aliphatic heterocycles. The minimum Gasteiger partial charge on any atom is -0.508 e. The second-order valence-corrected chi connectivity index (χ2v) is 7.90. The second-order valence-electron chi connectivity index (χ2n) is 7.90. The van der Waals surface area contributed by atoms with E-state index in [1.165, 1.54) is 18.2 Å². The maximum Gasteiger partial charge on any atom is 0.330 e. The minimum absolute atomic E-state index is 0.0640. The number of aliphatic hydroxyl groups is 7. The summed E-state index contributed by atoms with van der Waals surface area (Å²) in [7, 11) is 0. The number of ether oxygens (including phenoxy) is 4. The lowest BCUT2D eigenvalue weighted by Gasteiger charge is -2.45. The summed E-state index contributed by atoms with van der Waals surface area (Å²) in [6.45, 7) is -1.24. The van der Waals surface area contributed by atoms with Gasteiger partial charge in [0, 0.05) is 6.08 Å². The quantitative estimate of drug-likeness (QED) is 0.139. The number of aromatic hydroxyl groups is 1. The molecule has 1 aromatic carbocycles. The van der Waals surface area contributed by atoms with Crippen LogP contribution in [0.1, 0.15) is 5.56 Å². The van der Waals surface area contributed by atoms with E-state index in [4.69, 9.17) is 18.9 Å². The molecule has 3 rings (SSSR count). The van der Waals surface area contributed by atoms with Crippen LogP contribution in [0.5, 0.6) is 5.75 Å². The molecule has 1 aromatic rings. The number of rotatable bonds is 7. The van der Waals surface area contributed by atoms with Crippen molar-refractivity contribution >= 4 is 12.0 Å². The van der Waals surface area contributed by atoms with Gasteiger partial charge in [0.05, 0.1) is 6.61 Å². The van der Waals surface area contributed by atoms with E-state index in [0.717, 1.165) is 6.08 Å². The van der Waals surface area contributed by atoms with Crippen LogP contribution in [0.2, 0.25) is 0 Å². The molecule has 0 unspecified atom stereocenters. The molecule has 0 amide bonds. The molecule has 0 aliphatic carbocycles. The molecule has 190 valence electrons. The molecule has 0 saturated carbocycles. The fourth-order valence-electron chi connectivity index (χ4n) is 3.50. The highest BCUT2D eigenvalue weighted by Crippen LogP contribution is 2.28. The summed E-state index contributed by atoms with van der Waals surface area (Å²) in [6.07, 6.45) is -13.9. The van der Waals surface area contributed by atoms with E-state index in [1.54, 1.807) is 12.1 Å². The van der Waals surface area contributed by atoms with Gasteiger partial charge in [-0.3, -0.25) is 0 Å². The van der Waals surface area contributed by atoms with Crippen molar-refractivity contribution in [2.24, 2.45) is 0 Å². The SMILES string of the molecule is O=C(/C=C/c1ccc(O)cc1)OC[C@H]1O[C@@H](O)[C@@H](O[C@H]2O[C@@H](CO)[C@@H](O)[C@@H](O)[C@H]2O)[C@@H](O)[C@@H]1O. The molecule has 0 radical (unpaired) electrons. The zero-order chi connectivity index (χ0) is 25.0. The molecule has 0 bridgehead atoms. The maximum atomic E-state index is 11.9. The number of carbonyl (C=O) groups excluding carboxylic acids is 1. The van der Waals surface area contributed by atoms with Crippen molar-refractivity contribution in [2.45, 2.75) is 61.4 Å². The average Bonchev–Trinajstić information content (AvgIpc) is 2.82. The van der Waals surface area contributed by atoms with Gasteiger partial charge in [0.15, 0.2) is 12.6 Å². The number of hydrogen-bond donors (Lipinski definition) is 8. The molecule has 2 saturated heterocycles. The van der Waals surface area contributed by atoms with Crippen molar-refractivity contribution < 1.29 is 64.6 Å². The Hall–Kier alpha value is -2.17. The van der Waals surface area contributed by atoms with Gasteiger partial charge in [-0.1, -0.05) is 12.1 Å². The van der Waals surface area contributed by atoms with Crippen molar-refractivity contribution in [3.8, 4) is 5.75 Å². The molecule has 2 heterocycles. The number of hydrogen-bond acceptors (Lipinski definition) is 13. The Kier molecular flexibility index (Phi) is 8.95. The van der Waals surface area contributed by atoms with Crippen LogP contribution in [0.15, 0.2) is 30.3 Å². The van der Waals surface area contributed by atoms with Crippen LogP contribution in [0.25, 0.3) is 6.08 Å². The fourth-order valence-corrected chi connectivity index (χ4v) is 3.50. The van der Waals surface area contributed by atoms with Crippen LogP contribution in [0.3, 0.4) is 0 Å². The van der Waals surface area contributed by atoms with Crippen LogP contribution < -0.4 is 0 Å². The molecule has 0 spiro atoms. The third-order valence-corrected chi connectivity index (χ3v) is 5.50. The molecule has 0 aromatic heterocycles. The van der Waals surface area contributed by atoms with E-state index >= 15 is 0 Å². The number of phenolic OH excluding ortho intramolecular Hbond substituents is 1. The molecule has 10 atom stereocenters. The molecule has 13 nitrogen and oxygen atoms in total. The Morgan fingerprint density at radius 3 is 2.18 bits per heavy atom. The van der Waals surface area contributed by atoms with E-state index in [1.807, 2.05) is 0 Å². The maximum absolute atomic E-state index is 11.9. The van der Waals surface area contributed by atoms with Crippen molar-refractivity contribution in [1.82, 2.24) is 0 Å². The third-order valence-electron chi connectivity index (χ3n) is 5.50. The van der Waals surface area contributed by atoms with Crippen LogP contribution in [-0.4, -0.2) is 121 Å². The predicted molar refractivity (Wildman–Crippen MR) is 110 cm³/mol. The highest BCUT2D eigenvalue weighted by molar-refractivity contribution is 5.87. The first-order valence-electron chi connectivity index (χ1n) is 10.4. The first kappa shape index (κ1) is 26.4. The van der Waals surface area contributed by atoms with E-state index in [-0.39, 0.29) is 5.75 Å². The van der Waals surface area contributed by atoms with Crippen LogP contribution in [-0.2, 0) is 23.7 Å². The Balaban J connectivity index is 1.54. The Morgan fingerprint density at radius 1 is 0.882 bits per heavy atom. The van der Waals surface area contributed by atoms with Crippen molar-refractivity contribution in [3.63, 3.8) is 0 Å². The van der Waals surface area contributed by atoms with Crippen molar-refractivity contribution in [3.05, 3.63) is 35.9 Å². The van der Waals surface area contributed by atoms with Gasteiger partial charge in [0.25, 0.3) is 0 Å². The summed E-state index contributed by atoms with van der Waals surface area (Å²) in [6, 6.07) is 6.00. The van der Waals surface area contributed by atoms with E-state index in [0.29, 0.717) is 5.56 Å². The lowest BCUT2D eigenvalue weighted by atomic mass is 9.97. The zero-order valence-corrected chi connectivity index (χ0v) is 17.8. The van der Waals surface area contributed by atoms with Gasteiger partial charge in [-0.15, -0.1) is 0 Å². The zero-order valence-electron chi connectivity index (χ0n) is 17.8. The lowest BCUT2D eigenvalue weighted by molar-refractivity contribution is -0.361. The minimum atomic E-state index is -1.86. The van der Waals surface area contributed by atoms with Gasteiger partial charge in [0.1, 0.15) is 61.2 Å². The highest BCUT2D eigenvalue weighted by atomic mass is 16.7. The average molecular weight is 488 g/mol. The van der Waals surface area contributed by atoms with Gasteiger partial charge in [0.2, 0.25) is 0 Å². The van der Waals surface area contributed by atoms with Crippen molar-refractivity contribution in [1.29, 1.82) is 0 Å². The molecule has 8 N–H and O–H groups in total. The largest absolute Gasteiger partial charge is 0.508 e. The number of carbonyl (C=O) groups is 1. The van der Waals surface area contributed by atoms with E-state index < -0.39 is 80.6 Å². The van der Waals surface area contributed by atoms with Crippen LogP contribution in [0.4, 0.5) is 0 Å². The summed E-state index contributed by atoms with van der Waals surface area (Å²) in [5, 5.41) is 79.1. The summed E-state index contributed by atoms with van der Waals surface area (Å²) in [5.41, 5.74) is 0.614. The Bertz CT molecular complexity index is 828. The van der Waals surface area contributed by atoms with Gasteiger partial charge < -0.3 is 59.8 Å². The molecular weight excluding hydrogens is 460 g/mol. The molecular formula is C21H28O13. The summed E-state index contributed by atoms with van der Waals surface area (Å²) in [5.74, 6) is -0.735. The summed E-state index contributed by atoms with van der Waals surface area (Å²) < 4.78 is 20.6. The number of esters is 1. The topological polar surface area (TPSA) is 216 Å². The van der Waals surface area contributed by atoms with Crippen LogP contribution in [0, 0.1) is 0 Å². The molecule has 13 heteroatoms. The van der Waals surface area contributed by atoms with Crippen LogP contribution >= 0.6 is 0 Å². The summed E-state index contributed by atoms with van der Waals surface area (Å²) >= 11 is 0. The van der Waals surface area contributed by atoms with Gasteiger partial charge in [-0.05, 0) is 23.8 Å². The predicted octanol–water partition coefficient (Wildman–Crippen LogP) is -3.43. The number of benzene rings is 1. The fraction of sp³-hybridized carbons (Fsp3) is 0.571. The number of aliphatic hydroxyl groups excluding tert-OH is 7. The monoisotopic (exact) mass is 488 g/mol. The summed E-state index contributed by atoms with van der Waals surface area (Å²) in [4.78, 5) is 11.9. The van der Waals surface area contributed by atoms with Gasteiger partial charge in [-0.25, -0.2) is 4.79 Å². The van der Waals surface area contributed by atoms with Gasteiger partial charge in [-0.2, -0.15) is 0 Å². The van der Waals surface area contributed by atoms with Gasteiger partial charge >= 0.3 is 5.97 Å². The standard InChI is InChI=1S/C21H28O13/c22-7-11-14(25)16(27)18(29)21(33-11)34-19-17(28)15(26)12(32-20(19)30)8-31-13(24)6-3-9-1-4-10(23)5-2-9/h1-6,11-12,14-23,25-30H,7-8H2/b6-3+/t11-,12+,14+,15+,16+,17-,18+,19-,20+,21+/m0/s1. The number of phenols is 1. The first-order chi connectivity index (χ1) is 16.1. The highest BCUT2D eigenvalue weighted by Gasteiger charge is 2.50. The van der Waals surface area contributed by atoms with Crippen molar-refractivity contribution in [2.75, 3.05) is 13.2 Å². The van der Waals surface area contributed by atoms with E-state index in [9.17, 15) is 45.6 Å². The third kappa shape index (κ3) is 6.09. The smallest absolute Gasteiger partial charge is 0.330 e. The van der Waals surface area contributed by atoms with E-state index in [2.05, 4.69) is 0 Å². The normalized spacial score (nSPS) is 38.7. The Morgan fingerprint density at radius 2 is 1.53 bits per heavy atom. The first-order valence-corrected chi connectivity index (χ1v) is 10.4. The molecule has 34 heavy (non-hydrogen) atoms. The lowest BCUT2D eigenvalue weighted by Crippen LogP contribution is -2.64. The second kappa shape index (κ2) is 11.5. The molecule has 2 fully saturated rings.